The van der Waals surface area contributed by atoms with Crippen molar-refractivity contribution in [2.45, 2.75) is 19.4 Å². The molecule has 1 aromatic heterocycles. The second kappa shape index (κ2) is 2.85. The Labute approximate surface area is 82.5 Å². The van der Waals surface area contributed by atoms with Crippen LogP contribution >= 0.6 is 0 Å². The monoisotopic (exact) mass is 188 g/mol. The van der Waals surface area contributed by atoms with E-state index in [0.29, 0.717) is 6.10 Å². The molecule has 1 unspecified atom stereocenters. The van der Waals surface area contributed by atoms with E-state index in [2.05, 4.69) is 13.0 Å². The second-order valence-corrected chi connectivity index (χ2v) is 3.81. The van der Waals surface area contributed by atoms with Gasteiger partial charge in [-0.2, -0.15) is 0 Å². The summed E-state index contributed by atoms with van der Waals surface area (Å²) in [6.45, 7) is 3.00. The predicted octanol–water partition coefficient (Wildman–Crippen LogP) is 2.68. The van der Waals surface area contributed by atoms with Crippen LogP contribution in [0.3, 0.4) is 0 Å². The Balaban J connectivity index is 2.09. The Kier molecular flexibility index (Phi) is 1.64. The molecule has 3 rings (SSSR count). The van der Waals surface area contributed by atoms with Crippen molar-refractivity contribution in [3.05, 3.63) is 35.6 Å². The summed E-state index contributed by atoms with van der Waals surface area (Å²) in [5.74, 6) is 1.08. The minimum absolute atomic E-state index is 0.397. The van der Waals surface area contributed by atoms with Gasteiger partial charge in [0.1, 0.15) is 11.3 Å². The maximum atomic E-state index is 5.77. The highest BCUT2D eigenvalue weighted by atomic mass is 16.6. The molecule has 1 aliphatic rings. The third-order valence-corrected chi connectivity index (χ3v) is 2.76. The first kappa shape index (κ1) is 8.06. The van der Waals surface area contributed by atoms with E-state index in [0.717, 1.165) is 24.4 Å². The molecule has 1 aromatic carbocycles. The van der Waals surface area contributed by atoms with Gasteiger partial charge in [-0.15, -0.1) is 0 Å². The lowest BCUT2D eigenvalue weighted by atomic mass is 10.1. The third kappa shape index (κ3) is 1.23. The molecule has 0 spiro atoms. The standard InChI is InChI=1S/C12H12O2/c1-8-10-4-2-3-5-11(10)14-12(8)6-9-7-13-9/h2-5,9H,6-7H2,1H3. The van der Waals surface area contributed by atoms with Crippen LogP contribution in [-0.4, -0.2) is 12.7 Å². The first-order valence-electron chi connectivity index (χ1n) is 4.93. The fourth-order valence-corrected chi connectivity index (χ4v) is 1.81. The number of rotatable bonds is 2. The minimum atomic E-state index is 0.397. The third-order valence-electron chi connectivity index (χ3n) is 2.76. The fourth-order valence-electron chi connectivity index (χ4n) is 1.81. The van der Waals surface area contributed by atoms with Crippen LogP contribution in [0, 0.1) is 6.92 Å². The van der Waals surface area contributed by atoms with Crippen LogP contribution in [-0.2, 0) is 11.2 Å². The molecule has 2 heterocycles. The summed E-state index contributed by atoms with van der Waals surface area (Å²) in [6.07, 6.45) is 1.31. The maximum Gasteiger partial charge on any atom is 0.134 e. The van der Waals surface area contributed by atoms with Crippen LogP contribution in [0.25, 0.3) is 11.0 Å². The summed E-state index contributed by atoms with van der Waals surface area (Å²) in [5, 5.41) is 1.23. The van der Waals surface area contributed by atoms with E-state index >= 15 is 0 Å². The molecule has 1 saturated heterocycles. The van der Waals surface area contributed by atoms with Crippen molar-refractivity contribution in [3.63, 3.8) is 0 Å². The number of aryl methyl sites for hydroxylation is 1. The molecular weight excluding hydrogens is 176 g/mol. The van der Waals surface area contributed by atoms with Crippen LogP contribution in [0.4, 0.5) is 0 Å². The molecule has 2 aromatic rings. The zero-order chi connectivity index (χ0) is 9.54. The Hall–Kier alpha value is -1.28. The van der Waals surface area contributed by atoms with Gasteiger partial charge in [0.15, 0.2) is 0 Å². The van der Waals surface area contributed by atoms with Gasteiger partial charge in [0, 0.05) is 11.8 Å². The van der Waals surface area contributed by atoms with Gasteiger partial charge in [-0.3, -0.25) is 0 Å². The summed E-state index contributed by atoms with van der Waals surface area (Å²) in [7, 11) is 0. The molecular formula is C12H12O2. The molecule has 0 bridgehead atoms. The van der Waals surface area contributed by atoms with E-state index in [9.17, 15) is 0 Å². The van der Waals surface area contributed by atoms with Crippen LogP contribution in [0.2, 0.25) is 0 Å². The lowest BCUT2D eigenvalue weighted by molar-refractivity contribution is 0.392. The molecule has 14 heavy (non-hydrogen) atoms. The Morgan fingerprint density at radius 2 is 2.14 bits per heavy atom. The van der Waals surface area contributed by atoms with Crippen molar-refractivity contribution in [2.75, 3.05) is 6.61 Å². The topological polar surface area (TPSA) is 25.7 Å². The Morgan fingerprint density at radius 3 is 2.86 bits per heavy atom. The van der Waals surface area contributed by atoms with Crippen molar-refractivity contribution in [1.82, 2.24) is 0 Å². The molecule has 1 aliphatic heterocycles. The van der Waals surface area contributed by atoms with Gasteiger partial charge in [0.2, 0.25) is 0 Å². The number of hydrogen-bond donors (Lipinski definition) is 0. The van der Waals surface area contributed by atoms with Crippen LogP contribution in [0.5, 0.6) is 0 Å². The molecule has 2 heteroatoms. The molecule has 0 saturated carbocycles. The van der Waals surface area contributed by atoms with Gasteiger partial charge in [-0.1, -0.05) is 18.2 Å². The average molecular weight is 188 g/mol. The molecule has 0 N–H and O–H groups in total. The predicted molar refractivity (Wildman–Crippen MR) is 54.4 cm³/mol. The van der Waals surface area contributed by atoms with Gasteiger partial charge in [-0.25, -0.2) is 0 Å². The van der Waals surface area contributed by atoms with Gasteiger partial charge >= 0.3 is 0 Å². The maximum absolute atomic E-state index is 5.77. The zero-order valence-corrected chi connectivity index (χ0v) is 8.12. The highest BCUT2D eigenvalue weighted by Crippen LogP contribution is 2.28. The smallest absolute Gasteiger partial charge is 0.134 e. The highest BCUT2D eigenvalue weighted by molar-refractivity contribution is 5.81. The van der Waals surface area contributed by atoms with E-state index in [1.54, 1.807) is 0 Å². The first-order chi connectivity index (χ1) is 6.84. The van der Waals surface area contributed by atoms with Crippen molar-refractivity contribution in [3.8, 4) is 0 Å². The summed E-state index contributed by atoms with van der Waals surface area (Å²) in [5.41, 5.74) is 2.25. The number of furan rings is 1. The molecule has 1 atom stereocenters. The summed E-state index contributed by atoms with van der Waals surface area (Å²) >= 11 is 0. The number of hydrogen-bond acceptors (Lipinski definition) is 2. The summed E-state index contributed by atoms with van der Waals surface area (Å²) < 4.78 is 11.0. The number of epoxide rings is 1. The number of fused-ring (bicyclic) bond motifs is 1. The molecule has 72 valence electrons. The SMILES string of the molecule is Cc1c(CC2CO2)oc2ccccc12. The zero-order valence-electron chi connectivity index (χ0n) is 8.12. The number of para-hydroxylation sites is 1. The van der Waals surface area contributed by atoms with Gasteiger partial charge < -0.3 is 9.15 Å². The van der Waals surface area contributed by atoms with Crippen LogP contribution in [0.15, 0.2) is 28.7 Å². The molecule has 0 radical (unpaired) electrons. The van der Waals surface area contributed by atoms with Crippen molar-refractivity contribution < 1.29 is 9.15 Å². The summed E-state index contributed by atoms with van der Waals surface area (Å²) in [6, 6.07) is 8.16. The first-order valence-corrected chi connectivity index (χ1v) is 4.93. The van der Waals surface area contributed by atoms with Crippen LogP contribution in [0.1, 0.15) is 11.3 Å². The Bertz CT molecular complexity index is 466. The summed E-state index contributed by atoms with van der Waals surface area (Å²) in [4.78, 5) is 0. The lowest BCUT2D eigenvalue weighted by Crippen LogP contribution is -1.92. The van der Waals surface area contributed by atoms with Gasteiger partial charge in [-0.05, 0) is 18.6 Å². The quantitative estimate of drug-likeness (QED) is 0.677. The minimum Gasteiger partial charge on any atom is -0.461 e. The van der Waals surface area contributed by atoms with E-state index in [1.807, 2.05) is 18.2 Å². The largest absolute Gasteiger partial charge is 0.461 e. The Morgan fingerprint density at radius 1 is 1.36 bits per heavy atom. The van der Waals surface area contributed by atoms with E-state index < -0.39 is 0 Å². The van der Waals surface area contributed by atoms with Gasteiger partial charge in [0.05, 0.1) is 12.7 Å². The van der Waals surface area contributed by atoms with Gasteiger partial charge in [0.25, 0.3) is 0 Å². The van der Waals surface area contributed by atoms with Crippen LogP contribution < -0.4 is 0 Å². The molecule has 0 aliphatic carbocycles. The average Bonchev–Trinajstić information content (AvgIpc) is 2.95. The number of benzene rings is 1. The second-order valence-electron chi connectivity index (χ2n) is 3.81. The molecule has 1 fully saturated rings. The fraction of sp³-hybridized carbons (Fsp3) is 0.333. The van der Waals surface area contributed by atoms with E-state index in [1.165, 1.54) is 10.9 Å². The van der Waals surface area contributed by atoms with E-state index in [4.69, 9.17) is 9.15 Å². The lowest BCUT2D eigenvalue weighted by Gasteiger charge is -1.92. The molecule has 2 nitrogen and oxygen atoms in total. The number of ether oxygens (including phenoxy) is 1. The normalized spacial score (nSPS) is 20.2. The van der Waals surface area contributed by atoms with Crippen molar-refractivity contribution >= 4 is 11.0 Å². The van der Waals surface area contributed by atoms with E-state index in [-0.39, 0.29) is 0 Å². The van der Waals surface area contributed by atoms with Crippen molar-refractivity contribution in [1.29, 1.82) is 0 Å². The highest BCUT2D eigenvalue weighted by Gasteiger charge is 2.25. The molecule has 0 amide bonds. The van der Waals surface area contributed by atoms with Crippen molar-refractivity contribution in [2.24, 2.45) is 0 Å².